The highest BCUT2D eigenvalue weighted by atomic mass is 16.6. The van der Waals surface area contributed by atoms with Crippen LogP contribution in [0.25, 0.3) is 0 Å². The average molecular weight is 667 g/mol. The molecule has 1 atom stereocenters. The van der Waals surface area contributed by atoms with Gasteiger partial charge in [0.15, 0.2) is 0 Å². The number of nitrogens with zero attached hydrogens (tertiary/aromatic N) is 3. The second kappa shape index (κ2) is 16.4. The number of non-ortho nitro benzene ring substituents is 1. The molecule has 2 heterocycles. The quantitative estimate of drug-likeness (QED) is 0.0646. The van der Waals surface area contributed by atoms with Gasteiger partial charge in [0.2, 0.25) is 0 Å². The lowest BCUT2D eigenvalue weighted by Gasteiger charge is -2.40. The number of rotatable bonds is 14. The summed E-state index contributed by atoms with van der Waals surface area (Å²) in [4.78, 5) is 52.7. The lowest BCUT2D eigenvalue weighted by molar-refractivity contribution is -0.384. The maximum Gasteiger partial charge on any atom is 0.316 e. The highest BCUT2D eigenvalue weighted by Gasteiger charge is 2.44. The third kappa shape index (κ3) is 7.89. The summed E-state index contributed by atoms with van der Waals surface area (Å²) in [5.41, 5.74) is 8.02. The number of piperidine rings is 1. The van der Waals surface area contributed by atoms with Crippen LogP contribution in [-0.2, 0) is 29.3 Å². The number of nitro groups is 1. The number of esters is 1. The van der Waals surface area contributed by atoms with Crippen LogP contribution in [0.4, 0.5) is 5.69 Å². The summed E-state index contributed by atoms with van der Waals surface area (Å²) in [6, 6.07) is 14.9. The molecule has 1 fully saturated rings. The lowest BCUT2D eigenvalue weighted by Crippen LogP contribution is -2.48. The minimum atomic E-state index is -1.12. The van der Waals surface area contributed by atoms with E-state index in [2.05, 4.69) is 10.2 Å². The number of hydrogen-bond acceptors (Lipinski definition) is 12. The Morgan fingerprint density at radius 3 is 2.38 bits per heavy atom. The van der Waals surface area contributed by atoms with E-state index in [-0.39, 0.29) is 54.8 Å². The van der Waals surface area contributed by atoms with Crippen molar-refractivity contribution in [2.45, 2.75) is 37.5 Å². The molecule has 6 N–H and O–H groups in total. The van der Waals surface area contributed by atoms with E-state index in [1.807, 2.05) is 30.3 Å². The van der Waals surface area contributed by atoms with Crippen molar-refractivity contribution in [3.8, 4) is 0 Å². The monoisotopic (exact) mass is 666 g/mol. The SMILES string of the molecule is COC(=O)C1(c2ccccc2)CCN(CCCN(O)C(=O)C2=C(COCCN)NC(C)=C(C(=O)NO)C2c2ccc([N+](=O)[O-])cc2)CC1. The first-order valence-corrected chi connectivity index (χ1v) is 15.6. The number of hydrogen-bond donors (Lipinski definition) is 5. The predicted octanol–water partition coefficient (Wildman–Crippen LogP) is 2.11. The average Bonchev–Trinajstić information content (AvgIpc) is 3.11. The zero-order valence-electron chi connectivity index (χ0n) is 27.0. The van der Waals surface area contributed by atoms with E-state index in [0.717, 1.165) is 5.56 Å². The molecule has 0 bridgehead atoms. The Bertz CT molecular complexity index is 1540. The third-order valence-corrected chi connectivity index (χ3v) is 8.86. The summed E-state index contributed by atoms with van der Waals surface area (Å²) in [6.45, 7) is 3.52. The van der Waals surface area contributed by atoms with Crippen LogP contribution in [0.1, 0.15) is 43.2 Å². The molecule has 0 radical (unpaired) electrons. The molecule has 48 heavy (non-hydrogen) atoms. The van der Waals surface area contributed by atoms with E-state index in [1.54, 1.807) is 12.4 Å². The number of ether oxygens (including phenoxy) is 2. The first kappa shape index (κ1) is 36.2. The summed E-state index contributed by atoms with van der Waals surface area (Å²) in [5, 5.41) is 35.5. The zero-order chi connectivity index (χ0) is 34.8. The predicted molar refractivity (Wildman–Crippen MR) is 172 cm³/mol. The third-order valence-electron chi connectivity index (χ3n) is 8.86. The molecule has 258 valence electrons. The standard InChI is InChI=1S/C33H42N6O9/c1-22-27(30(40)36-43)28(23-9-11-25(12-10-23)39(45)46)29(26(35-22)21-48-20-15-34)31(41)38(44)17-6-16-37-18-13-33(14-19-37,32(42)47-2)24-7-4-3-5-8-24/h3-5,7-12,28,35,43-44H,6,13-21,34H2,1-2H3,(H,36,40). The number of likely N-dealkylation sites (tertiary alicyclic amines) is 1. The van der Waals surface area contributed by atoms with Gasteiger partial charge in [-0.05, 0) is 56.9 Å². The number of hydroxylamine groups is 3. The number of dihydropyridines is 1. The fraction of sp³-hybridized carbons (Fsp3) is 0.424. The van der Waals surface area contributed by atoms with Gasteiger partial charge in [-0.1, -0.05) is 42.5 Å². The maximum absolute atomic E-state index is 14.0. The van der Waals surface area contributed by atoms with Crippen molar-refractivity contribution in [3.63, 3.8) is 0 Å². The maximum atomic E-state index is 14.0. The molecule has 2 aromatic carbocycles. The molecule has 2 aliphatic rings. The van der Waals surface area contributed by atoms with Crippen LogP contribution in [0.15, 0.2) is 77.1 Å². The first-order chi connectivity index (χ1) is 23.1. The summed E-state index contributed by atoms with van der Waals surface area (Å²) < 4.78 is 10.8. The Morgan fingerprint density at radius 2 is 1.79 bits per heavy atom. The van der Waals surface area contributed by atoms with Gasteiger partial charge in [-0.25, -0.2) is 10.5 Å². The van der Waals surface area contributed by atoms with Gasteiger partial charge in [0.05, 0.1) is 47.5 Å². The summed E-state index contributed by atoms with van der Waals surface area (Å²) in [6.07, 6.45) is 1.49. The van der Waals surface area contributed by atoms with Crippen LogP contribution < -0.4 is 16.5 Å². The highest BCUT2D eigenvalue weighted by Crippen LogP contribution is 2.40. The second-order valence-electron chi connectivity index (χ2n) is 11.7. The number of allylic oxidation sites excluding steroid dienone is 1. The molecule has 2 aromatic rings. The first-order valence-electron chi connectivity index (χ1n) is 15.6. The van der Waals surface area contributed by atoms with E-state index in [9.17, 15) is 34.9 Å². The topological polar surface area (TPSA) is 210 Å². The molecule has 15 nitrogen and oxygen atoms in total. The van der Waals surface area contributed by atoms with Crippen LogP contribution in [-0.4, -0.2) is 96.1 Å². The molecule has 4 rings (SSSR count). The summed E-state index contributed by atoms with van der Waals surface area (Å²) in [5.74, 6) is -3.12. The van der Waals surface area contributed by atoms with Gasteiger partial charge in [-0.15, -0.1) is 0 Å². The molecule has 0 aliphatic carbocycles. The van der Waals surface area contributed by atoms with Crippen molar-refractivity contribution < 1.29 is 39.2 Å². The number of amides is 2. The fourth-order valence-corrected chi connectivity index (χ4v) is 6.41. The Labute approximate surface area is 278 Å². The molecule has 2 amide bonds. The van der Waals surface area contributed by atoms with Gasteiger partial charge >= 0.3 is 5.97 Å². The Hall–Kier alpha value is -4.67. The van der Waals surface area contributed by atoms with E-state index in [0.29, 0.717) is 55.2 Å². The summed E-state index contributed by atoms with van der Waals surface area (Å²) in [7, 11) is 1.39. The van der Waals surface area contributed by atoms with E-state index < -0.39 is 28.1 Å². The number of nitro benzene ring substituents is 1. The van der Waals surface area contributed by atoms with Gasteiger partial charge in [0, 0.05) is 36.8 Å². The Kier molecular flexibility index (Phi) is 12.4. The van der Waals surface area contributed by atoms with Crippen LogP contribution in [0.5, 0.6) is 0 Å². The largest absolute Gasteiger partial charge is 0.468 e. The van der Waals surface area contributed by atoms with Crippen molar-refractivity contribution >= 4 is 23.5 Å². The molecule has 0 aromatic heterocycles. The molecule has 15 heteroatoms. The van der Waals surface area contributed by atoms with Crippen LogP contribution >= 0.6 is 0 Å². The van der Waals surface area contributed by atoms with Crippen LogP contribution in [0.2, 0.25) is 0 Å². The summed E-state index contributed by atoms with van der Waals surface area (Å²) >= 11 is 0. The Balaban J connectivity index is 1.53. The van der Waals surface area contributed by atoms with Crippen molar-refractivity contribution in [2.24, 2.45) is 5.73 Å². The number of nitrogens with two attached hydrogens (primary N) is 1. The van der Waals surface area contributed by atoms with Crippen molar-refractivity contribution in [1.82, 2.24) is 20.8 Å². The fourth-order valence-electron chi connectivity index (χ4n) is 6.41. The van der Waals surface area contributed by atoms with Gasteiger partial charge in [-0.3, -0.25) is 34.9 Å². The van der Waals surface area contributed by atoms with Gasteiger partial charge in [0.1, 0.15) is 0 Å². The van der Waals surface area contributed by atoms with E-state index >= 15 is 0 Å². The minimum absolute atomic E-state index is 0.0218. The zero-order valence-corrected chi connectivity index (χ0v) is 27.0. The van der Waals surface area contributed by atoms with Gasteiger partial charge in [-0.2, -0.15) is 0 Å². The molecule has 1 unspecified atom stereocenters. The van der Waals surface area contributed by atoms with Crippen molar-refractivity contribution in [3.05, 3.63) is 98.4 Å². The number of carbonyl (C=O) groups excluding carboxylic acids is 3. The second-order valence-corrected chi connectivity index (χ2v) is 11.7. The molecule has 0 spiro atoms. The normalized spacial score (nSPS) is 17.8. The van der Waals surface area contributed by atoms with Gasteiger partial charge in [0.25, 0.3) is 17.5 Å². The van der Waals surface area contributed by atoms with Crippen molar-refractivity contribution in [1.29, 1.82) is 0 Å². The molecular formula is C33H42N6O9. The number of carbonyl (C=O) groups is 3. The van der Waals surface area contributed by atoms with Crippen LogP contribution in [0.3, 0.4) is 0 Å². The molecule has 0 saturated carbocycles. The molecule has 1 saturated heterocycles. The van der Waals surface area contributed by atoms with E-state index in [4.69, 9.17) is 15.2 Å². The lowest BCUT2D eigenvalue weighted by atomic mass is 9.72. The van der Waals surface area contributed by atoms with Crippen molar-refractivity contribution in [2.75, 3.05) is 53.0 Å². The van der Waals surface area contributed by atoms with Gasteiger partial charge < -0.3 is 25.4 Å². The minimum Gasteiger partial charge on any atom is -0.468 e. The number of benzene rings is 2. The smallest absolute Gasteiger partial charge is 0.316 e. The number of nitrogens with one attached hydrogen (secondary N) is 2. The van der Waals surface area contributed by atoms with E-state index in [1.165, 1.54) is 31.4 Å². The Morgan fingerprint density at radius 1 is 1.12 bits per heavy atom. The molecule has 2 aliphatic heterocycles. The number of methoxy groups -OCH3 is 1. The molecular weight excluding hydrogens is 624 g/mol. The highest BCUT2D eigenvalue weighted by molar-refractivity contribution is 6.03. The van der Waals surface area contributed by atoms with Crippen LogP contribution in [0, 0.1) is 10.1 Å².